The van der Waals surface area contributed by atoms with Crippen molar-refractivity contribution in [2.75, 3.05) is 0 Å². The number of aromatic nitrogens is 2. The summed E-state index contributed by atoms with van der Waals surface area (Å²) in [5.41, 5.74) is 0. The van der Waals surface area contributed by atoms with E-state index in [9.17, 15) is 4.79 Å². The number of nitrogens with zero attached hydrogens (tertiary/aromatic N) is 2. The molecular formula is C11H18N2O. The van der Waals surface area contributed by atoms with Gasteiger partial charge in [-0.1, -0.05) is 32.6 Å². The Balaban J connectivity index is 2.21. The third-order valence-corrected chi connectivity index (χ3v) is 2.36. The van der Waals surface area contributed by atoms with Crippen LogP contribution in [-0.2, 0) is 6.54 Å². The van der Waals surface area contributed by atoms with Crippen molar-refractivity contribution in [3.8, 4) is 0 Å². The van der Waals surface area contributed by atoms with E-state index in [0.29, 0.717) is 5.82 Å². The fourth-order valence-corrected chi connectivity index (χ4v) is 1.51. The fraction of sp³-hybridized carbons (Fsp3) is 0.636. The van der Waals surface area contributed by atoms with E-state index in [1.54, 1.807) is 6.20 Å². The molecule has 0 saturated carbocycles. The van der Waals surface area contributed by atoms with Crippen molar-refractivity contribution >= 4 is 6.29 Å². The van der Waals surface area contributed by atoms with Crippen molar-refractivity contribution in [1.82, 2.24) is 9.55 Å². The maximum atomic E-state index is 10.5. The van der Waals surface area contributed by atoms with E-state index in [1.165, 1.54) is 25.7 Å². The molecule has 0 atom stereocenters. The van der Waals surface area contributed by atoms with E-state index in [-0.39, 0.29) is 0 Å². The molecule has 0 amide bonds. The Morgan fingerprint density at radius 3 is 2.86 bits per heavy atom. The van der Waals surface area contributed by atoms with Crippen molar-refractivity contribution in [2.45, 2.75) is 45.6 Å². The second kappa shape index (κ2) is 6.35. The van der Waals surface area contributed by atoms with Crippen LogP contribution < -0.4 is 0 Å². The maximum Gasteiger partial charge on any atom is 0.185 e. The average Bonchev–Trinajstić information content (AvgIpc) is 2.65. The molecule has 0 unspecified atom stereocenters. The van der Waals surface area contributed by atoms with Gasteiger partial charge >= 0.3 is 0 Å². The lowest BCUT2D eigenvalue weighted by molar-refractivity contribution is 0.111. The van der Waals surface area contributed by atoms with Gasteiger partial charge in [0.15, 0.2) is 12.1 Å². The van der Waals surface area contributed by atoms with E-state index >= 15 is 0 Å². The van der Waals surface area contributed by atoms with Crippen LogP contribution in [0.15, 0.2) is 12.4 Å². The molecule has 1 rings (SSSR count). The first kappa shape index (κ1) is 11.0. The molecule has 1 heterocycles. The first-order valence-electron chi connectivity index (χ1n) is 5.34. The van der Waals surface area contributed by atoms with Crippen molar-refractivity contribution in [1.29, 1.82) is 0 Å². The topological polar surface area (TPSA) is 34.9 Å². The first-order chi connectivity index (χ1) is 6.88. The number of aldehydes is 1. The van der Waals surface area contributed by atoms with Crippen LogP contribution in [0.3, 0.4) is 0 Å². The zero-order valence-corrected chi connectivity index (χ0v) is 8.78. The summed E-state index contributed by atoms with van der Waals surface area (Å²) in [5, 5.41) is 0. The Labute approximate surface area is 85.2 Å². The Morgan fingerprint density at radius 1 is 1.36 bits per heavy atom. The molecule has 0 aliphatic rings. The molecule has 0 fully saturated rings. The molecule has 0 aliphatic carbocycles. The smallest absolute Gasteiger partial charge is 0.185 e. The summed E-state index contributed by atoms with van der Waals surface area (Å²) in [6, 6.07) is 0. The average molecular weight is 194 g/mol. The van der Waals surface area contributed by atoms with Crippen molar-refractivity contribution in [2.24, 2.45) is 0 Å². The quantitative estimate of drug-likeness (QED) is 0.494. The predicted octanol–water partition coefficient (Wildman–Crippen LogP) is 2.67. The molecule has 3 heteroatoms. The number of carbonyl (C=O) groups is 1. The minimum absolute atomic E-state index is 0.542. The van der Waals surface area contributed by atoms with Crippen LogP contribution in [-0.4, -0.2) is 15.8 Å². The Morgan fingerprint density at radius 2 is 2.14 bits per heavy atom. The first-order valence-corrected chi connectivity index (χ1v) is 5.34. The minimum Gasteiger partial charge on any atom is -0.329 e. The summed E-state index contributed by atoms with van der Waals surface area (Å²) in [6.07, 6.45) is 10.6. The molecule has 0 bridgehead atoms. The fourth-order valence-electron chi connectivity index (χ4n) is 1.51. The molecule has 1 aromatic rings. The highest BCUT2D eigenvalue weighted by atomic mass is 16.1. The number of imidazole rings is 1. The Hall–Kier alpha value is -1.12. The van der Waals surface area contributed by atoms with Gasteiger partial charge in [-0.15, -0.1) is 0 Å². The molecule has 0 saturated heterocycles. The van der Waals surface area contributed by atoms with Crippen LogP contribution in [0.25, 0.3) is 0 Å². The zero-order chi connectivity index (χ0) is 10.2. The molecule has 0 radical (unpaired) electrons. The largest absolute Gasteiger partial charge is 0.329 e. The summed E-state index contributed by atoms with van der Waals surface area (Å²) in [5.74, 6) is 0.542. The minimum atomic E-state index is 0.542. The van der Waals surface area contributed by atoms with Crippen LogP contribution in [0, 0.1) is 0 Å². The lowest BCUT2D eigenvalue weighted by Crippen LogP contribution is -2.01. The number of unbranched alkanes of at least 4 members (excludes halogenated alkanes) is 4. The molecule has 14 heavy (non-hydrogen) atoms. The molecule has 3 nitrogen and oxygen atoms in total. The van der Waals surface area contributed by atoms with Gasteiger partial charge in [0.1, 0.15) is 0 Å². The standard InChI is InChI=1S/C11H18N2O/c1-2-3-4-5-6-8-13-9-7-12-11(13)10-14/h7,9-10H,2-6,8H2,1H3. The summed E-state index contributed by atoms with van der Waals surface area (Å²) in [4.78, 5) is 14.5. The molecule has 0 spiro atoms. The molecule has 0 N–H and O–H groups in total. The number of rotatable bonds is 7. The van der Waals surface area contributed by atoms with Crippen LogP contribution >= 0.6 is 0 Å². The Kier molecular flexibility index (Phi) is 4.97. The SMILES string of the molecule is CCCCCCCn1ccnc1C=O. The third kappa shape index (κ3) is 3.32. The molecule has 0 aliphatic heterocycles. The van der Waals surface area contributed by atoms with Crippen LogP contribution in [0.2, 0.25) is 0 Å². The number of aryl methyl sites for hydroxylation is 1. The van der Waals surface area contributed by atoms with Gasteiger partial charge in [0, 0.05) is 18.9 Å². The van der Waals surface area contributed by atoms with Crippen LogP contribution in [0.1, 0.15) is 49.6 Å². The van der Waals surface area contributed by atoms with Gasteiger partial charge < -0.3 is 4.57 Å². The van der Waals surface area contributed by atoms with E-state index in [4.69, 9.17) is 0 Å². The van der Waals surface area contributed by atoms with Crippen molar-refractivity contribution < 1.29 is 4.79 Å². The number of hydrogen-bond acceptors (Lipinski definition) is 2. The third-order valence-electron chi connectivity index (χ3n) is 2.36. The number of hydrogen-bond donors (Lipinski definition) is 0. The van der Waals surface area contributed by atoms with E-state index in [0.717, 1.165) is 19.3 Å². The molecular weight excluding hydrogens is 176 g/mol. The van der Waals surface area contributed by atoms with Gasteiger partial charge in [0.25, 0.3) is 0 Å². The maximum absolute atomic E-state index is 10.5. The molecule has 78 valence electrons. The lowest BCUT2D eigenvalue weighted by atomic mass is 10.1. The van der Waals surface area contributed by atoms with Crippen molar-refractivity contribution in [3.05, 3.63) is 18.2 Å². The van der Waals surface area contributed by atoms with Crippen LogP contribution in [0.5, 0.6) is 0 Å². The highest BCUT2D eigenvalue weighted by molar-refractivity contribution is 5.69. The summed E-state index contributed by atoms with van der Waals surface area (Å²) >= 11 is 0. The highest BCUT2D eigenvalue weighted by Crippen LogP contribution is 2.05. The monoisotopic (exact) mass is 194 g/mol. The normalized spacial score (nSPS) is 10.4. The van der Waals surface area contributed by atoms with Gasteiger partial charge in [0.05, 0.1) is 0 Å². The lowest BCUT2D eigenvalue weighted by Gasteiger charge is -2.03. The Bertz CT molecular complexity index is 268. The summed E-state index contributed by atoms with van der Waals surface area (Å²) in [6.45, 7) is 3.12. The van der Waals surface area contributed by atoms with Gasteiger partial charge in [-0.2, -0.15) is 0 Å². The molecule has 0 aromatic carbocycles. The highest BCUT2D eigenvalue weighted by Gasteiger charge is 1.99. The van der Waals surface area contributed by atoms with E-state index in [2.05, 4.69) is 11.9 Å². The van der Waals surface area contributed by atoms with Gasteiger partial charge in [0.2, 0.25) is 0 Å². The van der Waals surface area contributed by atoms with E-state index in [1.807, 2.05) is 10.8 Å². The second-order valence-electron chi connectivity index (χ2n) is 3.51. The molecule has 1 aromatic heterocycles. The summed E-state index contributed by atoms with van der Waals surface area (Å²) < 4.78 is 1.92. The number of carbonyl (C=O) groups excluding carboxylic acids is 1. The van der Waals surface area contributed by atoms with Crippen molar-refractivity contribution in [3.63, 3.8) is 0 Å². The van der Waals surface area contributed by atoms with E-state index < -0.39 is 0 Å². The predicted molar refractivity (Wildman–Crippen MR) is 56.4 cm³/mol. The summed E-state index contributed by atoms with van der Waals surface area (Å²) in [7, 11) is 0. The van der Waals surface area contributed by atoms with Gasteiger partial charge in [-0.3, -0.25) is 4.79 Å². The van der Waals surface area contributed by atoms with Crippen LogP contribution in [0.4, 0.5) is 0 Å². The van der Waals surface area contributed by atoms with Gasteiger partial charge in [-0.05, 0) is 6.42 Å². The van der Waals surface area contributed by atoms with Gasteiger partial charge in [-0.25, -0.2) is 4.98 Å². The zero-order valence-electron chi connectivity index (χ0n) is 8.78. The second-order valence-corrected chi connectivity index (χ2v) is 3.51.